The zero-order valence-electron chi connectivity index (χ0n) is 8.47. The molecule has 1 nitrogen and oxygen atoms in total. The molecule has 0 aromatic heterocycles. The van der Waals surface area contributed by atoms with Gasteiger partial charge in [0, 0.05) is 15.5 Å². The van der Waals surface area contributed by atoms with Crippen LogP contribution in [-0.2, 0) is 0 Å². The molecule has 0 radical (unpaired) electrons. The van der Waals surface area contributed by atoms with Crippen LogP contribution in [-0.4, -0.2) is 0 Å². The van der Waals surface area contributed by atoms with Crippen molar-refractivity contribution in [2.75, 3.05) is 0 Å². The van der Waals surface area contributed by atoms with Crippen molar-refractivity contribution >= 4 is 39.9 Å². The summed E-state index contributed by atoms with van der Waals surface area (Å²) < 4.78 is 0.966. The highest BCUT2D eigenvalue weighted by Crippen LogP contribution is 2.28. The molecule has 0 saturated heterocycles. The molecule has 0 aliphatic heterocycles. The first-order valence-corrected chi connectivity index (χ1v) is 5.52. The fraction of sp³-hybridized carbons (Fsp3) is 0.273. The van der Waals surface area contributed by atoms with Gasteiger partial charge in [0.2, 0.25) is 0 Å². The molecular weight excluding hydrogens is 297 g/mol. The summed E-state index contributed by atoms with van der Waals surface area (Å²) in [7, 11) is 0. The monoisotopic (exact) mass is 309 g/mol. The Hall–Kier alpha value is -0.0200. The Kier molecular flexibility index (Phi) is 6.53. The largest absolute Gasteiger partial charge is 0.324 e. The smallest absolute Gasteiger partial charge is 0.0465 e. The number of hydrogen-bond donors (Lipinski definition) is 1. The van der Waals surface area contributed by atoms with E-state index < -0.39 is 0 Å². The van der Waals surface area contributed by atoms with Gasteiger partial charge in [-0.3, -0.25) is 0 Å². The van der Waals surface area contributed by atoms with Crippen LogP contribution in [0.1, 0.15) is 24.9 Å². The molecule has 0 aliphatic carbocycles. The van der Waals surface area contributed by atoms with Crippen LogP contribution < -0.4 is 5.73 Å². The minimum atomic E-state index is -0.0619. The van der Waals surface area contributed by atoms with E-state index in [9.17, 15) is 0 Å². The summed E-state index contributed by atoms with van der Waals surface area (Å²) in [5, 5.41) is 0.702. The van der Waals surface area contributed by atoms with Crippen molar-refractivity contribution in [2.24, 2.45) is 5.73 Å². The van der Waals surface area contributed by atoms with Crippen molar-refractivity contribution in [1.29, 1.82) is 0 Å². The number of halogens is 3. The molecule has 4 heteroatoms. The molecule has 1 aromatic carbocycles. The summed E-state index contributed by atoms with van der Waals surface area (Å²) in [5.74, 6) is 0. The average molecular weight is 311 g/mol. The SMILES string of the molecule is C=C(C)C[C@H](N)c1ccc(Br)cc1Cl.Cl. The van der Waals surface area contributed by atoms with Crippen LogP contribution in [0.2, 0.25) is 5.02 Å². The maximum atomic E-state index is 6.07. The summed E-state index contributed by atoms with van der Waals surface area (Å²) in [5.41, 5.74) is 8.02. The lowest BCUT2D eigenvalue weighted by Crippen LogP contribution is -2.10. The van der Waals surface area contributed by atoms with Crippen LogP contribution in [0.3, 0.4) is 0 Å². The van der Waals surface area contributed by atoms with Crippen LogP contribution in [0.15, 0.2) is 34.8 Å². The van der Waals surface area contributed by atoms with E-state index >= 15 is 0 Å². The molecule has 0 unspecified atom stereocenters. The third kappa shape index (κ3) is 4.56. The quantitative estimate of drug-likeness (QED) is 0.818. The molecule has 0 fully saturated rings. The van der Waals surface area contributed by atoms with Gasteiger partial charge in [-0.15, -0.1) is 19.0 Å². The second-order valence-corrected chi connectivity index (χ2v) is 4.76. The third-order valence-corrected chi connectivity index (χ3v) is 2.75. The Bertz CT molecular complexity index is 352. The molecule has 0 amide bonds. The lowest BCUT2D eigenvalue weighted by Gasteiger charge is -2.13. The van der Waals surface area contributed by atoms with E-state index in [1.54, 1.807) is 0 Å². The molecule has 0 saturated carbocycles. The van der Waals surface area contributed by atoms with E-state index in [1.165, 1.54) is 0 Å². The van der Waals surface area contributed by atoms with Crippen LogP contribution in [0.25, 0.3) is 0 Å². The predicted molar refractivity (Wildman–Crippen MR) is 72.8 cm³/mol. The highest BCUT2D eigenvalue weighted by Gasteiger charge is 2.10. The van der Waals surface area contributed by atoms with Gasteiger partial charge < -0.3 is 5.73 Å². The zero-order valence-corrected chi connectivity index (χ0v) is 11.6. The van der Waals surface area contributed by atoms with Gasteiger partial charge in [-0.1, -0.05) is 39.2 Å². The van der Waals surface area contributed by atoms with Gasteiger partial charge in [0.25, 0.3) is 0 Å². The van der Waals surface area contributed by atoms with Gasteiger partial charge in [0.1, 0.15) is 0 Å². The van der Waals surface area contributed by atoms with Gasteiger partial charge in [0.15, 0.2) is 0 Å². The average Bonchev–Trinajstić information content (AvgIpc) is 2.01. The zero-order chi connectivity index (χ0) is 10.7. The molecule has 15 heavy (non-hydrogen) atoms. The molecule has 1 aromatic rings. The summed E-state index contributed by atoms with van der Waals surface area (Å²) in [6, 6.07) is 5.68. The highest BCUT2D eigenvalue weighted by molar-refractivity contribution is 9.10. The fourth-order valence-electron chi connectivity index (χ4n) is 1.29. The molecule has 1 atom stereocenters. The summed E-state index contributed by atoms with van der Waals surface area (Å²) in [6.07, 6.45) is 0.765. The minimum absolute atomic E-state index is 0. The van der Waals surface area contributed by atoms with Gasteiger partial charge in [-0.2, -0.15) is 0 Å². The number of rotatable bonds is 3. The molecule has 0 spiro atoms. The van der Waals surface area contributed by atoms with E-state index in [0.29, 0.717) is 5.02 Å². The van der Waals surface area contributed by atoms with Gasteiger partial charge in [-0.25, -0.2) is 0 Å². The molecular formula is C11H14BrCl2N. The summed E-state index contributed by atoms with van der Waals surface area (Å²) >= 11 is 9.42. The Balaban J connectivity index is 0.00000196. The Morgan fingerprint density at radius 3 is 2.67 bits per heavy atom. The van der Waals surface area contributed by atoms with E-state index in [4.69, 9.17) is 17.3 Å². The van der Waals surface area contributed by atoms with Crippen molar-refractivity contribution in [3.05, 3.63) is 45.4 Å². The number of hydrogen-bond acceptors (Lipinski definition) is 1. The molecule has 1 rings (SSSR count). The molecule has 2 N–H and O–H groups in total. The summed E-state index contributed by atoms with van der Waals surface area (Å²) in [4.78, 5) is 0. The normalized spacial score (nSPS) is 11.7. The minimum Gasteiger partial charge on any atom is -0.324 e. The topological polar surface area (TPSA) is 26.0 Å². The van der Waals surface area contributed by atoms with Crippen LogP contribution >= 0.6 is 39.9 Å². The number of nitrogens with two attached hydrogens (primary N) is 1. The van der Waals surface area contributed by atoms with Crippen LogP contribution in [0.4, 0.5) is 0 Å². The van der Waals surface area contributed by atoms with Crippen molar-refractivity contribution in [3.8, 4) is 0 Å². The molecule has 0 heterocycles. The highest BCUT2D eigenvalue weighted by atomic mass is 79.9. The molecule has 84 valence electrons. The first kappa shape index (κ1) is 15.0. The molecule has 0 bridgehead atoms. The fourth-order valence-corrected chi connectivity index (χ4v) is 2.10. The van der Waals surface area contributed by atoms with E-state index in [-0.39, 0.29) is 18.4 Å². The summed E-state index contributed by atoms with van der Waals surface area (Å²) in [6.45, 7) is 5.80. The van der Waals surface area contributed by atoms with E-state index in [1.807, 2.05) is 25.1 Å². The Labute approximate surface area is 110 Å². The van der Waals surface area contributed by atoms with Crippen LogP contribution in [0, 0.1) is 0 Å². The van der Waals surface area contributed by atoms with E-state index in [2.05, 4.69) is 22.5 Å². The Morgan fingerprint density at radius 2 is 2.20 bits per heavy atom. The van der Waals surface area contributed by atoms with Crippen molar-refractivity contribution < 1.29 is 0 Å². The van der Waals surface area contributed by atoms with Crippen molar-refractivity contribution in [1.82, 2.24) is 0 Å². The third-order valence-electron chi connectivity index (χ3n) is 1.93. The number of benzene rings is 1. The van der Waals surface area contributed by atoms with Gasteiger partial charge in [0.05, 0.1) is 0 Å². The lowest BCUT2D eigenvalue weighted by atomic mass is 10.0. The maximum Gasteiger partial charge on any atom is 0.0465 e. The second kappa shape index (κ2) is 6.54. The predicted octanol–water partition coefficient (Wildman–Crippen LogP) is 4.49. The van der Waals surface area contributed by atoms with Gasteiger partial charge >= 0.3 is 0 Å². The lowest BCUT2D eigenvalue weighted by molar-refractivity contribution is 0.717. The Morgan fingerprint density at radius 1 is 1.60 bits per heavy atom. The first-order valence-electron chi connectivity index (χ1n) is 4.35. The standard InChI is InChI=1S/C11H13BrClN.ClH/c1-7(2)5-11(14)9-4-3-8(12)6-10(9)13;/h3-4,6,11H,1,5,14H2,2H3;1H/t11-;/m0./s1. The van der Waals surface area contributed by atoms with E-state index in [0.717, 1.165) is 22.0 Å². The second-order valence-electron chi connectivity index (χ2n) is 3.43. The van der Waals surface area contributed by atoms with Crippen molar-refractivity contribution in [3.63, 3.8) is 0 Å². The maximum absolute atomic E-state index is 6.07. The van der Waals surface area contributed by atoms with Crippen LogP contribution in [0.5, 0.6) is 0 Å². The molecule has 0 aliphatic rings. The van der Waals surface area contributed by atoms with Gasteiger partial charge in [-0.05, 0) is 31.0 Å². The first-order chi connectivity index (χ1) is 6.50. The van der Waals surface area contributed by atoms with Crippen molar-refractivity contribution in [2.45, 2.75) is 19.4 Å².